The van der Waals surface area contributed by atoms with Crippen LogP contribution < -0.4 is 4.74 Å². The van der Waals surface area contributed by atoms with Gasteiger partial charge in [-0.25, -0.2) is 0 Å². The maximum atomic E-state index is 11.9. The number of fused-ring (bicyclic) bond motifs is 1. The number of carbonyl (C=O) groups excluding carboxylic acids is 1. The van der Waals surface area contributed by atoms with Gasteiger partial charge in [-0.3, -0.25) is 0 Å². The van der Waals surface area contributed by atoms with Gasteiger partial charge >= 0.3 is 0 Å². The third-order valence-corrected chi connectivity index (χ3v) is 5.36. The highest BCUT2D eigenvalue weighted by Gasteiger charge is 2.56. The molecule has 0 aliphatic carbocycles. The number of ether oxygens (including phenoxy) is 6. The van der Waals surface area contributed by atoms with Gasteiger partial charge in [-0.05, 0) is 37.1 Å². The number of rotatable bonds is 8. The molecule has 0 N–H and O–H groups in total. The van der Waals surface area contributed by atoms with E-state index in [2.05, 4.69) is 0 Å². The minimum absolute atomic E-state index is 0.297. The highest BCUT2D eigenvalue weighted by Crippen LogP contribution is 2.39. The van der Waals surface area contributed by atoms with E-state index in [1.807, 2.05) is 68.4 Å². The Morgan fingerprint density at radius 1 is 0.903 bits per heavy atom. The van der Waals surface area contributed by atoms with Gasteiger partial charge < -0.3 is 33.2 Å². The van der Waals surface area contributed by atoms with Gasteiger partial charge in [-0.1, -0.05) is 42.5 Å². The van der Waals surface area contributed by atoms with Gasteiger partial charge in [0.05, 0.1) is 20.3 Å². The fraction of sp³-hybridized carbons (Fsp3) is 0.458. The summed E-state index contributed by atoms with van der Waals surface area (Å²) in [5, 5.41) is 0. The van der Waals surface area contributed by atoms with Crippen LogP contribution in [0.5, 0.6) is 5.75 Å². The lowest BCUT2D eigenvalue weighted by molar-refractivity contribution is -0.277. The lowest BCUT2D eigenvalue weighted by Gasteiger charge is -2.39. The number of benzene rings is 2. The van der Waals surface area contributed by atoms with E-state index in [9.17, 15) is 4.79 Å². The van der Waals surface area contributed by atoms with E-state index in [0.29, 0.717) is 13.2 Å². The first-order valence-electron chi connectivity index (χ1n) is 10.4. The molecule has 166 valence electrons. The quantitative estimate of drug-likeness (QED) is 0.598. The molecule has 0 bridgehead atoms. The van der Waals surface area contributed by atoms with Gasteiger partial charge in [0, 0.05) is 0 Å². The molecular formula is C24H28O7. The molecule has 7 heteroatoms. The fourth-order valence-electron chi connectivity index (χ4n) is 3.88. The summed E-state index contributed by atoms with van der Waals surface area (Å²) in [5.41, 5.74) is 1.95. The summed E-state index contributed by atoms with van der Waals surface area (Å²) in [5.74, 6) is -0.0738. The molecule has 3 unspecified atom stereocenters. The first-order chi connectivity index (χ1) is 15.0. The SMILES string of the molecule is COc1ccc(CO[C@@H]2C(C=O)O[C@H](OCc3ccccc3)C3OC(C)(C)OC32)cc1. The van der Waals surface area contributed by atoms with Crippen molar-refractivity contribution < 1.29 is 33.2 Å². The molecule has 0 saturated carbocycles. The van der Waals surface area contributed by atoms with Crippen LogP contribution >= 0.6 is 0 Å². The van der Waals surface area contributed by atoms with Crippen LogP contribution in [0.15, 0.2) is 54.6 Å². The zero-order valence-corrected chi connectivity index (χ0v) is 17.9. The van der Waals surface area contributed by atoms with Crippen molar-refractivity contribution in [1.82, 2.24) is 0 Å². The maximum absolute atomic E-state index is 11.9. The van der Waals surface area contributed by atoms with E-state index in [-0.39, 0.29) is 0 Å². The normalized spacial score (nSPS) is 29.3. The second kappa shape index (κ2) is 9.46. The molecule has 2 aliphatic heterocycles. The molecular weight excluding hydrogens is 400 g/mol. The van der Waals surface area contributed by atoms with Gasteiger partial charge in [0.1, 0.15) is 30.2 Å². The molecule has 31 heavy (non-hydrogen) atoms. The van der Waals surface area contributed by atoms with Gasteiger partial charge in [0.25, 0.3) is 0 Å². The van der Waals surface area contributed by atoms with Gasteiger partial charge in [-0.2, -0.15) is 0 Å². The zero-order valence-electron chi connectivity index (χ0n) is 17.9. The first kappa shape index (κ1) is 21.9. The third-order valence-electron chi connectivity index (χ3n) is 5.36. The van der Waals surface area contributed by atoms with Crippen molar-refractivity contribution in [3.05, 3.63) is 65.7 Å². The number of hydrogen-bond donors (Lipinski definition) is 0. The molecule has 2 aromatic rings. The molecule has 0 spiro atoms. The zero-order chi connectivity index (χ0) is 21.8. The van der Waals surface area contributed by atoms with Crippen LogP contribution in [0.1, 0.15) is 25.0 Å². The van der Waals surface area contributed by atoms with E-state index in [1.54, 1.807) is 7.11 Å². The molecule has 4 rings (SSSR count). The van der Waals surface area contributed by atoms with Crippen LogP contribution in [0.3, 0.4) is 0 Å². The van der Waals surface area contributed by atoms with Crippen molar-refractivity contribution in [2.75, 3.05) is 7.11 Å². The van der Waals surface area contributed by atoms with Crippen molar-refractivity contribution in [3.63, 3.8) is 0 Å². The Morgan fingerprint density at radius 2 is 1.55 bits per heavy atom. The van der Waals surface area contributed by atoms with Gasteiger partial charge in [-0.15, -0.1) is 0 Å². The Kier molecular flexibility index (Phi) is 6.69. The monoisotopic (exact) mass is 428 g/mol. The summed E-state index contributed by atoms with van der Waals surface area (Å²) >= 11 is 0. The van der Waals surface area contributed by atoms with Gasteiger partial charge in [0.2, 0.25) is 0 Å². The summed E-state index contributed by atoms with van der Waals surface area (Å²) in [6.07, 6.45) is -2.49. The molecule has 2 saturated heterocycles. The largest absolute Gasteiger partial charge is 0.497 e. The highest BCUT2D eigenvalue weighted by atomic mass is 16.8. The van der Waals surface area contributed by atoms with Gasteiger partial charge in [0.15, 0.2) is 18.4 Å². The van der Waals surface area contributed by atoms with E-state index in [0.717, 1.165) is 23.2 Å². The van der Waals surface area contributed by atoms with Crippen molar-refractivity contribution in [2.24, 2.45) is 0 Å². The van der Waals surface area contributed by atoms with Crippen molar-refractivity contribution in [2.45, 2.75) is 63.6 Å². The van der Waals surface area contributed by atoms with Crippen LogP contribution in [0.4, 0.5) is 0 Å². The lowest BCUT2D eigenvalue weighted by Crippen LogP contribution is -2.58. The number of hydrogen-bond acceptors (Lipinski definition) is 7. The molecule has 2 fully saturated rings. The van der Waals surface area contributed by atoms with Crippen molar-refractivity contribution >= 4 is 6.29 Å². The molecule has 0 radical (unpaired) electrons. The molecule has 2 aliphatic rings. The van der Waals surface area contributed by atoms with E-state index in [1.165, 1.54) is 0 Å². The summed E-state index contributed by atoms with van der Waals surface area (Å²) in [4.78, 5) is 11.9. The Hall–Kier alpha value is -2.29. The molecule has 7 nitrogen and oxygen atoms in total. The Morgan fingerprint density at radius 3 is 2.23 bits per heavy atom. The van der Waals surface area contributed by atoms with Crippen molar-refractivity contribution in [1.29, 1.82) is 0 Å². The molecule has 2 heterocycles. The second-order valence-electron chi connectivity index (χ2n) is 8.09. The molecule has 2 aromatic carbocycles. The minimum Gasteiger partial charge on any atom is -0.497 e. The highest BCUT2D eigenvalue weighted by molar-refractivity contribution is 5.58. The first-order valence-corrected chi connectivity index (χ1v) is 10.4. The smallest absolute Gasteiger partial charge is 0.187 e. The number of aldehydes is 1. The summed E-state index contributed by atoms with van der Waals surface area (Å²) < 4.78 is 35.4. The Bertz CT molecular complexity index is 852. The van der Waals surface area contributed by atoms with Crippen molar-refractivity contribution in [3.8, 4) is 5.75 Å². The summed E-state index contributed by atoms with van der Waals surface area (Å²) in [6, 6.07) is 17.3. The van der Waals surface area contributed by atoms with E-state index in [4.69, 9.17) is 28.4 Å². The predicted octanol–water partition coefficient (Wildman–Crippen LogP) is 3.24. The van der Waals surface area contributed by atoms with Crippen LogP contribution in [0.25, 0.3) is 0 Å². The van der Waals surface area contributed by atoms with Crippen LogP contribution in [0, 0.1) is 0 Å². The number of carbonyl (C=O) groups is 1. The van der Waals surface area contributed by atoms with E-state index < -0.39 is 36.5 Å². The minimum atomic E-state index is -0.841. The van der Waals surface area contributed by atoms with E-state index >= 15 is 0 Å². The molecule has 5 atom stereocenters. The standard InChI is InChI=1S/C24H28O7/c1-24(2)30-21-20(27-14-17-9-11-18(26-3)12-10-17)19(13-25)29-23(22(21)31-24)28-15-16-7-5-4-6-8-16/h4-13,19-23H,14-15H2,1-3H3/t19?,20-,21?,22?,23+/m1/s1. The maximum Gasteiger partial charge on any atom is 0.187 e. The predicted molar refractivity (Wildman–Crippen MR) is 111 cm³/mol. The second-order valence-corrected chi connectivity index (χ2v) is 8.09. The Balaban J connectivity index is 1.47. The van der Waals surface area contributed by atoms with Crippen LogP contribution in [-0.2, 0) is 41.7 Å². The molecule has 0 aromatic heterocycles. The Labute approximate surface area is 182 Å². The molecule has 0 amide bonds. The topological polar surface area (TPSA) is 72.5 Å². The summed E-state index contributed by atoms with van der Waals surface area (Å²) in [6.45, 7) is 4.29. The third kappa shape index (κ3) is 5.14. The fourth-order valence-corrected chi connectivity index (χ4v) is 3.88. The average Bonchev–Trinajstić information content (AvgIpc) is 3.12. The lowest BCUT2D eigenvalue weighted by atomic mass is 9.99. The number of methoxy groups -OCH3 is 1. The summed E-state index contributed by atoms with van der Waals surface area (Å²) in [7, 11) is 1.62. The van der Waals surface area contributed by atoms with Crippen LogP contribution in [0.2, 0.25) is 0 Å². The average molecular weight is 428 g/mol. The van der Waals surface area contributed by atoms with Crippen LogP contribution in [-0.4, -0.2) is 49.9 Å².